The van der Waals surface area contributed by atoms with Crippen LogP contribution < -0.4 is 0 Å². The van der Waals surface area contributed by atoms with E-state index in [0.717, 1.165) is 33.4 Å². The molecule has 0 radical (unpaired) electrons. The summed E-state index contributed by atoms with van der Waals surface area (Å²) in [5.41, 5.74) is 5.34. The normalized spacial score (nSPS) is 11.0. The quantitative estimate of drug-likeness (QED) is 0.559. The van der Waals surface area contributed by atoms with Gasteiger partial charge < -0.3 is 4.98 Å². The maximum atomic E-state index is 6.34. The summed E-state index contributed by atoms with van der Waals surface area (Å²) < 4.78 is 0. The number of imidazole rings is 1. The van der Waals surface area contributed by atoms with Crippen LogP contribution in [-0.2, 0) is 0 Å². The van der Waals surface area contributed by atoms with Crippen molar-refractivity contribution in [2.24, 2.45) is 0 Å². The lowest BCUT2D eigenvalue weighted by Gasteiger charge is -2.10. The Labute approximate surface area is 142 Å². The molecule has 0 aliphatic rings. The Morgan fingerprint density at radius 1 is 0.913 bits per heavy atom. The number of aromatic amines is 1. The van der Waals surface area contributed by atoms with Gasteiger partial charge in [-0.3, -0.25) is 0 Å². The lowest BCUT2D eigenvalue weighted by molar-refractivity contribution is 1.17. The molecule has 23 heavy (non-hydrogen) atoms. The van der Waals surface area contributed by atoms with Gasteiger partial charge in [0.15, 0.2) is 0 Å². The fourth-order valence-electron chi connectivity index (χ4n) is 2.54. The highest BCUT2D eigenvalue weighted by molar-refractivity contribution is 6.36. The van der Waals surface area contributed by atoms with Crippen LogP contribution in [0.25, 0.3) is 33.4 Å². The van der Waals surface area contributed by atoms with Gasteiger partial charge in [-0.2, -0.15) is 0 Å². The number of rotatable bonds is 2. The summed E-state index contributed by atoms with van der Waals surface area (Å²) in [7, 11) is 0. The molecule has 0 aliphatic heterocycles. The number of hydrogen-bond donors (Lipinski definition) is 1. The third-order valence-corrected chi connectivity index (χ3v) is 4.18. The third-order valence-electron chi connectivity index (χ3n) is 3.63. The summed E-state index contributed by atoms with van der Waals surface area (Å²) in [6.45, 7) is 0. The smallest absolute Gasteiger partial charge is 0.116 e. The van der Waals surface area contributed by atoms with Gasteiger partial charge in [0.25, 0.3) is 0 Å². The number of nitrogens with one attached hydrogen (secondary N) is 1. The molecule has 4 rings (SSSR count). The molecule has 0 amide bonds. The Hall–Kier alpha value is -2.43. The standard InChI is InChI=1S/C17H10Cl2N4/c18-11-2-3-12(14(19)6-11)17-13(7-20-8-23-17)10-1-4-15-16(5-10)22-9-21-15/h1-9H,(H,21,22). The molecule has 0 atom stereocenters. The highest BCUT2D eigenvalue weighted by atomic mass is 35.5. The third kappa shape index (κ3) is 2.56. The fourth-order valence-corrected chi connectivity index (χ4v) is 3.04. The first-order chi connectivity index (χ1) is 11.2. The predicted octanol–water partition coefficient (Wildman–Crippen LogP) is 4.99. The molecule has 0 bridgehead atoms. The highest BCUT2D eigenvalue weighted by Gasteiger charge is 2.13. The number of benzene rings is 2. The molecule has 0 fully saturated rings. The molecule has 0 aliphatic carbocycles. The van der Waals surface area contributed by atoms with Gasteiger partial charge in [-0.25, -0.2) is 15.0 Å². The molecule has 112 valence electrons. The molecule has 0 saturated heterocycles. The molecule has 2 aromatic carbocycles. The van der Waals surface area contributed by atoms with Gasteiger partial charge in [-0.15, -0.1) is 0 Å². The summed E-state index contributed by atoms with van der Waals surface area (Å²) in [4.78, 5) is 15.9. The van der Waals surface area contributed by atoms with E-state index in [4.69, 9.17) is 23.2 Å². The number of H-pyrrole nitrogens is 1. The Balaban J connectivity index is 1.92. The summed E-state index contributed by atoms with van der Waals surface area (Å²) >= 11 is 12.3. The zero-order valence-electron chi connectivity index (χ0n) is 11.8. The number of halogens is 2. The molecule has 6 heteroatoms. The molecule has 0 saturated carbocycles. The number of hydrogen-bond acceptors (Lipinski definition) is 3. The molecule has 2 heterocycles. The van der Waals surface area contributed by atoms with Gasteiger partial charge in [0, 0.05) is 22.3 Å². The van der Waals surface area contributed by atoms with Gasteiger partial charge in [-0.1, -0.05) is 29.3 Å². The lowest BCUT2D eigenvalue weighted by Crippen LogP contribution is -1.92. The van der Waals surface area contributed by atoms with E-state index < -0.39 is 0 Å². The first-order valence-electron chi connectivity index (χ1n) is 6.91. The van der Waals surface area contributed by atoms with Crippen molar-refractivity contribution in [3.63, 3.8) is 0 Å². The van der Waals surface area contributed by atoms with Crippen LogP contribution in [0.5, 0.6) is 0 Å². The summed E-state index contributed by atoms with van der Waals surface area (Å²) in [6, 6.07) is 11.4. The monoisotopic (exact) mass is 340 g/mol. The Morgan fingerprint density at radius 2 is 1.83 bits per heavy atom. The van der Waals surface area contributed by atoms with Crippen LogP contribution in [0.1, 0.15) is 0 Å². The topological polar surface area (TPSA) is 54.5 Å². The van der Waals surface area contributed by atoms with E-state index in [1.54, 1.807) is 24.7 Å². The average Bonchev–Trinajstić information content (AvgIpc) is 3.02. The van der Waals surface area contributed by atoms with E-state index in [1.165, 1.54) is 6.33 Å². The van der Waals surface area contributed by atoms with E-state index in [9.17, 15) is 0 Å². The van der Waals surface area contributed by atoms with Crippen molar-refractivity contribution in [1.82, 2.24) is 19.9 Å². The number of fused-ring (bicyclic) bond motifs is 1. The lowest BCUT2D eigenvalue weighted by atomic mass is 10.0. The van der Waals surface area contributed by atoms with Crippen LogP contribution in [0.3, 0.4) is 0 Å². The molecule has 0 unspecified atom stereocenters. The Morgan fingerprint density at radius 3 is 2.70 bits per heavy atom. The fraction of sp³-hybridized carbons (Fsp3) is 0. The number of nitrogens with zero attached hydrogens (tertiary/aromatic N) is 3. The van der Waals surface area contributed by atoms with Crippen molar-refractivity contribution in [3.8, 4) is 22.4 Å². The van der Waals surface area contributed by atoms with Gasteiger partial charge in [0.2, 0.25) is 0 Å². The molecule has 1 N–H and O–H groups in total. The molecular weight excluding hydrogens is 331 g/mol. The van der Waals surface area contributed by atoms with E-state index in [2.05, 4.69) is 19.9 Å². The van der Waals surface area contributed by atoms with Crippen LogP contribution in [0.15, 0.2) is 55.2 Å². The largest absolute Gasteiger partial charge is 0.345 e. The van der Waals surface area contributed by atoms with E-state index >= 15 is 0 Å². The second-order valence-corrected chi connectivity index (χ2v) is 5.89. The van der Waals surface area contributed by atoms with E-state index in [0.29, 0.717) is 10.0 Å². The SMILES string of the molecule is Clc1ccc(-c2ncncc2-c2ccc3nc[nH]c3c2)c(Cl)c1. The minimum atomic E-state index is 0.556. The maximum absolute atomic E-state index is 6.34. The molecule has 4 aromatic rings. The summed E-state index contributed by atoms with van der Waals surface area (Å²) in [6.07, 6.45) is 4.97. The average molecular weight is 341 g/mol. The second-order valence-electron chi connectivity index (χ2n) is 5.04. The zero-order valence-corrected chi connectivity index (χ0v) is 13.3. The zero-order chi connectivity index (χ0) is 15.8. The summed E-state index contributed by atoms with van der Waals surface area (Å²) in [5.74, 6) is 0. The molecule has 0 spiro atoms. The van der Waals surface area contributed by atoms with Crippen LogP contribution in [0, 0.1) is 0 Å². The van der Waals surface area contributed by atoms with Gasteiger partial charge in [0.05, 0.1) is 28.1 Å². The van der Waals surface area contributed by atoms with Crippen molar-refractivity contribution >= 4 is 34.2 Å². The maximum Gasteiger partial charge on any atom is 0.116 e. The van der Waals surface area contributed by atoms with E-state index in [1.807, 2.05) is 24.3 Å². The van der Waals surface area contributed by atoms with Crippen LogP contribution in [-0.4, -0.2) is 19.9 Å². The predicted molar refractivity (Wildman–Crippen MR) is 92.6 cm³/mol. The van der Waals surface area contributed by atoms with Crippen LogP contribution >= 0.6 is 23.2 Å². The second kappa shape index (κ2) is 5.65. The Kier molecular flexibility index (Phi) is 3.48. The first kappa shape index (κ1) is 14.2. The van der Waals surface area contributed by atoms with Crippen molar-refractivity contribution < 1.29 is 0 Å². The Bertz CT molecular complexity index is 1010. The minimum absolute atomic E-state index is 0.556. The number of aromatic nitrogens is 4. The minimum Gasteiger partial charge on any atom is -0.345 e. The first-order valence-corrected chi connectivity index (χ1v) is 7.67. The van der Waals surface area contributed by atoms with Gasteiger partial charge in [-0.05, 0) is 35.9 Å². The van der Waals surface area contributed by atoms with E-state index in [-0.39, 0.29) is 0 Å². The van der Waals surface area contributed by atoms with Crippen LogP contribution in [0.2, 0.25) is 10.0 Å². The van der Waals surface area contributed by atoms with Crippen LogP contribution in [0.4, 0.5) is 0 Å². The highest BCUT2D eigenvalue weighted by Crippen LogP contribution is 2.35. The molecule has 2 aromatic heterocycles. The van der Waals surface area contributed by atoms with Crippen molar-refractivity contribution in [2.75, 3.05) is 0 Å². The van der Waals surface area contributed by atoms with Crippen molar-refractivity contribution in [1.29, 1.82) is 0 Å². The van der Waals surface area contributed by atoms with Crippen molar-refractivity contribution in [2.45, 2.75) is 0 Å². The molecular formula is C17H10Cl2N4. The van der Waals surface area contributed by atoms with Gasteiger partial charge in [0.1, 0.15) is 6.33 Å². The van der Waals surface area contributed by atoms with Crippen molar-refractivity contribution in [3.05, 3.63) is 65.3 Å². The molecule has 4 nitrogen and oxygen atoms in total. The summed E-state index contributed by atoms with van der Waals surface area (Å²) in [5, 5.41) is 1.15. The van der Waals surface area contributed by atoms with Gasteiger partial charge >= 0.3 is 0 Å².